The Bertz CT molecular complexity index is 288. The Morgan fingerprint density at radius 1 is 1.12 bits per heavy atom. The summed E-state index contributed by atoms with van der Waals surface area (Å²) in [5, 5.41) is 0. The molecule has 1 heteroatoms. The van der Waals surface area contributed by atoms with Gasteiger partial charge in [0.2, 0.25) is 0 Å². The number of hydrogen-bond acceptors (Lipinski definition) is 1. The van der Waals surface area contributed by atoms with Crippen molar-refractivity contribution in [1.29, 1.82) is 0 Å². The molecule has 16 heavy (non-hydrogen) atoms. The van der Waals surface area contributed by atoms with Gasteiger partial charge in [0.1, 0.15) is 0 Å². The number of hydrogen-bond donors (Lipinski definition) is 0. The van der Waals surface area contributed by atoms with Crippen LogP contribution < -0.4 is 0 Å². The fourth-order valence-electron chi connectivity index (χ4n) is 3.31. The first kappa shape index (κ1) is 11.9. The number of nitrogens with zero attached hydrogens (tertiary/aromatic N) is 1. The van der Waals surface area contributed by atoms with Gasteiger partial charge in [-0.25, -0.2) is 0 Å². The average Bonchev–Trinajstić information content (AvgIpc) is 2.23. The van der Waals surface area contributed by atoms with Crippen LogP contribution in [0.15, 0.2) is 16.8 Å². The molecule has 0 spiro atoms. The van der Waals surface area contributed by atoms with E-state index >= 15 is 0 Å². The number of aliphatic imine (C=N–C) groups is 1. The lowest BCUT2D eigenvalue weighted by Gasteiger charge is -2.33. The van der Waals surface area contributed by atoms with E-state index in [4.69, 9.17) is 4.99 Å². The standard InChI is InChI=1S/C15H25N/c1-3-8-15-14-10-7-5-4-6-9-13(14)12(2)11-16-15/h11,13-14H,3-10H2,1-2H3. The van der Waals surface area contributed by atoms with E-state index in [1.807, 2.05) is 0 Å². The normalized spacial score (nSPS) is 30.9. The molecule has 90 valence electrons. The Balaban J connectivity index is 2.14. The lowest BCUT2D eigenvalue weighted by atomic mass is 9.73. The second kappa shape index (κ2) is 5.65. The molecule has 0 bridgehead atoms. The highest BCUT2D eigenvalue weighted by molar-refractivity contribution is 5.88. The predicted molar refractivity (Wildman–Crippen MR) is 70.8 cm³/mol. The summed E-state index contributed by atoms with van der Waals surface area (Å²) in [5.74, 6) is 1.60. The number of allylic oxidation sites excluding steroid dienone is 1. The fraction of sp³-hybridized carbons (Fsp3) is 0.800. The molecule has 1 nitrogen and oxygen atoms in total. The third kappa shape index (κ3) is 2.56. The summed E-state index contributed by atoms with van der Waals surface area (Å²) in [6.45, 7) is 4.55. The molecule has 1 fully saturated rings. The van der Waals surface area contributed by atoms with E-state index in [1.165, 1.54) is 62.7 Å². The Morgan fingerprint density at radius 2 is 1.81 bits per heavy atom. The molecule has 0 N–H and O–H groups in total. The van der Waals surface area contributed by atoms with Gasteiger partial charge in [0.15, 0.2) is 0 Å². The van der Waals surface area contributed by atoms with Gasteiger partial charge in [0.25, 0.3) is 0 Å². The number of rotatable bonds is 2. The highest BCUT2D eigenvalue weighted by atomic mass is 14.7. The lowest BCUT2D eigenvalue weighted by Crippen LogP contribution is -2.28. The quantitative estimate of drug-likeness (QED) is 0.636. The molecule has 2 unspecified atom stereocenters. The molecule has 0 aromatic carbocycles. The van der Waals surface area contributed by atoms with Crippen LogP contribution in [0, 0.1) is 11.8 Å². The van der Waals surface area contributed by atoms with E-state index < -0.39 is 0 Å². The van der Waals surface area contributed by atoms with E-state index in [-0.39, 0.29) is 0 Å². The summed E-state index contributed by atoms with van der Waals surface area (Å²) in [4.78, 5) is 4.71. The van der Waals surface area contributed by atoms with E-state index in [0.717, 1.165) is 11.8 Å². The Kier molecular flexibility index (Phi) is 4.20. The van der Waals surface area contributed by atoms with E-state index in [0.29, 0.717) is 0 Å². The summed E-state index contributed by atoms with van der Waals surface area (Å²) in [5.41, 5.74) is 3.03. The SMILES string of the molecule is CCCC1=NC=C(C)C2CCCCCCC12. The van der Waals surface area contributed by atoms with Crippen LogP contribution in [0.3, 0.4) is 0 Å². The Morgan fingerprint density at radius 3 is 2.50 bits per heavy atom. The van der Waals surface area contributed by atoms with Gasteiger partial charge in [-0.05, 0) is 32.1 Å². The van der Waals surface area contributed by atoms with Crippen molar-refractivity contribution in [3.05, 3.63) is 11.8 Å². The molecule has 0 aromatic rings. The van der Waals surface area contributed by atoms with Crippen LogP contribution in [-0.4, -0.2) is 5.71 Å². The highest BCUT2D eigenvalue weighted by Crippen LogP contribution is 2.37. The molecule has 0 aromatic heterocycles. The predicted octanol–water partition coefficient (Wildman–Crippen LogP) is 4.73. The van der Waals surface area contributed by atoms with E-state index in [9.17, 15) is 0 Å². The minimum Gasteiger partial charge on any atom is -0.265 e. The van der Waals surface area contributed by atoms with Crippen LogP contribution in [0.2, 0.25) is 0 Å². The van der Waals surface area contributed by atoms with Crippen LogP contribution in [0.5, 0.6) is 0 Å². The zero-order valence-corrected chi connectivity index (χ0v) is 10.8. The second-order valence-electron chi connectivity index (χ2n) is 5.45. The molecule has 2 aliphatic rings. The molecular weight excluding hydrogens is 194 g/mol. The molecule has 2 rings (SSSR count). The van der Waals surface area contributed by atoms with Gasteiger partial charge in [-0.2, -0.15) is 0 Å². The van der Waals surface area contributed by atoms with E-state index in [1.54, 1.807) is 0 Å². The molecule has 1 heterocycles. The van der Waals surface area contributed by atoms with Gasteiger partial charge < -0.3 is 0 Å². The molecule has 2 atom stereocenters. The monoisotopic (exact) mass is 219 g/mol. The minimum absolute atomic E-state index is 0.783. The van der Waals surface area contributed by atoms with Gasteiger partial charge in [-0.3, -0.25) is 4.99 Å². The van der Waals surface area contributed by atoms with Crippen molar-refractivity contribution in [3.8, 4) is 0 Å². The van der Waals surface area contributed by atoms with Crippen LogP contribution in [-0.2, 0) is 0 Å². The smallest absolute Gasteiger partial charge is 0.0259 e. The average molecular weight is 219 g/mol. The molecule has 1 aliphatic heterocycles. The van der Waals surface area contributed by atoms with Crippen molar-refractivity contribution in [2.45, 2.75) is 65.2 Å². The van der Waals surface area contributed by atoms with Crippen molar-refractivity contribution >= 4 is 5.71 Å². The van der Waals surface area contributed by atoms with Crippen molar-refractivity contribution in [1.82, 2.24) is 0 Å². The molecule has 1 aliphatic carbocycles. The van der Waals surface area contributed by atoms with Gasteiger partial charge in [-0.15, -0.1) is 0 Å². The first-order valence-electron chi connectivity index (χ1n) is 7.06. The van der Waals surface area contributed by atoms with Crippen molar-refractivity contribution in [2.75, 3.05) is 0 Å². The Labute approximate surface area is 100 Å². The summed E-state index contributed by atoms with van der Waals surface area (Å²) in [7, 11) is 0. The summed E-state index contributed by atoms with van der Waals surface area (Å²) >= 11 is 0. The van der Waals surface area contributed by atoms with Crippen molar-refractivity contribution in [3.63, 3.8) is 0 Å². The topological polar surface area (TPSA) is 12.4 Å². The van der Waals surface area contributed by atoms with Crippen LogP contribution in [0.25, 0.3) is 0 Å². The van der Waals surface area contributed by atoms with Gasteiger partial charge in [-0.1, -0.05) is 44.6 Å². The maximum absolute atomic E-state index is 4.71. The van der Waals surface area contributed by atoms with Crippen LogP contribution in [0.4, 0.5) is 0 Å². The zero-order chi connectivity index (χ0) is 11.4. The van der Waals surface area contributed by atoms with Gasteiger partial charge in [0.05, 0.1) is 0 Å². The van der Waals surface area contributed by atoms with Gasteiger partial charge in [0, 0.05) is 17.8 Å². The molecule has 1 saturated carbocycles. The van der Waals surface area contributed by atoms with Crippen molar-refractivity contribution < 1.29 is 0 Å². The first-order valence-corrected chi connectivity index (χ1v) is 7.06. The summed E-state index contributed by atoms with van der Waals surface area (Å²) in [6, 6.07) is 0. The van der Waals surface area contributed by atoms with Crippen molar-refractivity contribution in [2.24, 2.45) is 16.8 Å². The maximum Gasteiger partial charge on any atom is 0.0259 e. The molecule has 0 radical (unpaired) electrons. The zero-order valence-electron chi connectivity index (χ0n) is 10.8. The lowest BCUT2D eigenvalue weighted by molar-refractivity contribution is 0.356. The van der Waals surface area contributed by atoms with E-state index in [2.05, 4.69) is 20.0 Å². The third-order valence-electron chi connectivity index (χ3n) is 4.22. The van der Waals surface area contributed by atoms with Gasteiger partial charge >= 0.3 is 0 Å². The number of fused-ring (bicyclic) bond motifs is 1. The molecular formula is C15H25N. The highest BCUT2D eigenvalue weighted by Gasteiger charge is 2.29. The van der Waals surface area contributed by atoms with Crippen LogP contribution in [0.1, 0.15) is 65.2 Å². The van der Waals surface area contributed by atoms with Crippen LogP contribution >= 0.6 is 0 Å². The second-order valence-corrected chi connectivity index (χ2v) is 5.45. The Hall–Kier alpha value is -0.590. The minimum atomic E-state index is 0.783. The third-order valence-corrected chi connectivity index (χ3v) is 4.22. The largest absolute Gasteiger partial charge is 0.265 e. The molecule has 0 saturated heterocycles. The molecule has 0 amide bonds. The summed E-state index contributed by atoms with van der Waals surface area (Å²) < 4.78 is 0. The fourth-order valence-corrected chi connectivity index (χ4v) is 3.31. The summed E-state index contributed by atoms with van der Waals surface area (Å²) in [6.07, 6.45) is 13.1. The first-order chi connectivity index (χ1) is 7.83. The maximum atomic E-state index is 4.71.